The molecule has 33 heavy (non-hydrogen) atoms. The van der Waals surface area contributed by atoms with Gasteiger partial charge in [-0.1, -0.05) is 54.6 Å². The Morgan fingerprint density at radius 2 is 1.79 bits per heavy atom. The highest BCUT2D eigenvalue weighted by Crippen LogP contribution is 2.25. The van der Waals surface area contributed by atoms with E-state index < -0.39 is 0 Å². The normalized spacial score (nSPS) is 11.1. The summed E-state index contributed by atoms with van der Waals surface area (Å²) in [5, 5.41) is 13.4. The van der Waals surface area contributed by atoms with Crippen molar-refractivity contribution in [3.05, 3.63) is 101 Å². The third-order valence-electron chi connectivity index (χ3n) is 5.75. The van der Waals surface area contributed by atoms with Crippen LogP contribution in [-0.4, -0.2) is 38.0 Å². The molecule has 7 nitrogen and oxygen atoms in total. The largest absolute Gasteiger partial charge is 0.497 e. The highest BCUT2D eigenvalue weighted by atomic mass is 16.5. The molecular weight excluding hydrogens is 414 g/mol. The molecule has 0 bridgehead atoms. The molecule has 3 aromatic carbocycles. The number of carbonyl (C=O) groups is 1. The Kier molecular flexibility index (Phi) is 5.44. The number of pyridine rings is 1. The van der Waals surface area contributed by atoms with Gasteiger partial charge in [0.2, 0.25) is 0 Å². The Balaban J connectivity index is 1.59. The molecule has 0 aliphatic heterocycles. The number of fused-ring (bicyclic) bond motifs is 3. The van der Waals surface area contributed by atoms with Gasteiger partial charge in [-0.25, -0.2) is 0 Å². The zero-order valence-electron chi connectivity index (χ0n) is 18.5. The van der Waals surface area contributed by atoms with Crippen LogP contribution in [0.5, 0.6) is 5.75 Å². The molecule has 0 spiro atoms. The second kappa shape index (κ2) is 8.70. The van der Waals surface area contributed by atoms with Crippen molar-refractivity contribution in [1.29, 1.82) is 0 Å². The smallest absolute Gasteiger partial charge is 0.254 e. The van der Waals surface area contributed by atoms with Crippen LogP contribution in [0, 0.1) is 6.92 Å². The Hall–Kier alpha value is -4.26. The number of rotatable bonds is 6. The molecule has 164 valence electrons. The number of hydrogen-bond donors (Lipinski definition) is 0. The number of methoxy groups -OCH3 is 1. The number of aryl methyl sites for hydroxylation is 1. The molecule has 5 rings (SSSR count). The number of ether oxygens (including phenoxy) is 1. The molecule has 1 amide bonds. The molecule has 0 N–H and O–H groups in total. The van der Waals surface area contributed by atoms with Crippen molar-refractivity contribution in [2.24, 2.45) is 0 Å². The minimum Gasteiger partial charge on any atom is -0.497 e. The van der Waals surface area contributed by atoms with Crippen LogP contribution in [0.25, 0.3) is 16.6 Å². The number of hydrogen-bond acceptors (Lipinski definition) is 5. The van der Waals surface area contributed by atoms with Crippen molar-refractivity contribution in [1.82, 2.24) is 24.9 Å². The Morgan fingerprint density at radius 1 is 0.970 bits per heavy atom. The molecule has 0 aliphatic carbocycles. The van der Waals surface area contributed by atoms with E-state index >= 15 is 0 Å². The van der Waals surface area contributed by atoms with Crippen LogP contribution in [0.15, 0.2) is 78.9 Å². The highest BCUT2D eigenvalue weighted by molar-refractivity contribution is 5.95. The number of para-hydroxylation sites is 1. The number of amides is 1. The maximum absolute atomic E-state index is 13.6. The lowest BCUT2D eigenvalue weighted by atomic mass is 10.1. The summed E-state index contributed by atoms with van der Waals surface area (Å²) in [5.74, 6) is 0.554. The average molecular weight is 438 g/mol. The fraction of sp³-hybridized carbons (Fsp3) is 0.154. The van der Waals surface area contributed by atoms with Gasteiger partial charge in [0.15, 0.2) is 5.65 Å². The lowest BCUT2D eigenvalue weighted by Gasteiger charge is -2.24. The first-order valence-electron chi connectivity index (χ1n) is 10.7. The molecule has 0 saturated heterocycles. The summed E-state index contributed by atoms with van der Waals surface area (Å²) >= 11 is 0. The molecule has 0 saturated carbocycles. The van der Waals surface area contributed by atoms with E-state index in [4.69, 9.17) is 4.74 Å². The standard InChI is InChI=1S/C26H23N5O2/c1-18-8-6-11-20-14-22(25-27-28-29-31(25)24(18)20)17-30(16-19-9-4-3-5-10-19)26(32)21-12-7-13-23(15-21)33-2/h3-15H,16-17H2,1-2H3. The molecule has 7 heteroatoms. The predicted molar refractivity (Wildman–Crippen MR) is 126 cm³/mol. The molecule has 0 unspecified atom stereocenters. The molecule has 0 atom stereocenters. The molecule has 2 heterocycles. The molecule has 5 aromatic rings. The number of tetrazole rings is 1. The lowest BCUT2D eigenvalue weighted by molar-refractivity contribution is 0.0730. The first-order chi connectivity index (χ1) is 16.1. The fourth-order valence-corrected chi connectivity index (χ4v) is 4.14. The van der Waals surface area contributed by atoms with E-state index in [2.05, 4.69) is 21.6 Å². The van der Waals surface area contributed by atoms with Crippen molar-refractivity contribution < 1.29 is 9.53 Å². The van der Waals surface area contributed by atoms with E-state index in [0.29, 0.717) is 30.0 Å². The predicted octanol–water partition coefficient (Wildman–Crippen LogP) is 4.44. The van der Waals surface area contributed by atoms with Crippen LogP contribution < -0.4 is 4.74 Å². The van der Waals surface area contributed by atoms with Crippen LogP contribution in [0.1, 0.15) is 27.0 Å². The minimum atomic E-state index is -0.0901. The first-order valence-corrected chi connectivity index (χ1v) is 10.7. The molecular formula is C26H23N5O2. The SMILES string of the molecule is COc1cccc(C(=O)N(Cc2ccccc2)Cc2cc3cccc(C)c3n3nnnc23)c1. The van der Waals surface area contributed by atoms with Gasteiger partial charge >= 0.3 is 0 Å². The van der Waals surface area contributed by atoms with E-state index in [1.165, 1.54) is 0 Å². The fourth-order valence-electron chi connectivity index (χ4n) is 4.14. The van der Waals surface area contributed by atoms with Gasteiger partial charge in [-0.3, -0.25) is 4.79 Å². The summed E-state index contributed by atoms with van der Waals surface area (Å²) in [5.41, 5.74) is 5.19. The van der Waals surface area contributed by atoms with Crippen LogP contribution >= 0.6 is 0 Å². The zero-order valence-corrected chi connectivity index (χ0v) is 18.5. The van der Waals surface area contributed by atoms with Gasteiger partial charge in [0.1, 0.15) is 5.75 Å². The van der Waals surface area contributed by atoms with E-state index in [1.807, 2.05) is 72.5 Å². The summed E-state index contributed by atoms with van der Waals surface area (Å²) < 4.78 is 7.09. The summed E-state index contributed by atoms with van der Waals surface area (Å²) in [6.07, 6.45) is 0. The van der Waals surface area contributed by atoms with Crippen molar-refractivity contribution in [3.8, 4) is 5.75 Å². The van der Waals surface area contributed by atoms with Crippen molar-refractivity contribution in [2.75, 3.05) is 7.11 Å². The zero-order chi connectivity index (χ0) is 22.8. The second-order valence-corrected chi connectivity index (χ2v) is 7.98. The van der Waals surface area contributed by atoms with Crippen LogP contribution in [-0.2, 0) is 13.1 Å². The summed E-state index contributed by atoms with van der Waals surface area (Å²) in [6, 6.07) is 25.3. The van der Waals surface area contributed by atoms with E-state index in [-0.39, 0.29) is 5.91 Å². The van der Waals surface area contributed by atoms with Crippen molar-refractivity contribution in [3.63, 3.8) is 0 Å². The van der Waals surface area contributed by atoms with E-state index in [9.17, 15) is 4.79 Å². The van der Waals surface area contributed by atoms with Crippen LogP contribution in [0.4, 0.5) is 0 Å². The lowest BCUT2D eigenvalue weighted by Crippen LogP contribution is -2.30. The first kappa shape index (κ1) is 20.6. The second-order valence-electron chi connectivity index (χ2n) is 7.98. The van der Waals surface area contributed by atoms with Crippen LogP contribution in [0.2, 0.25) is 0 Å². The van der Waals surface area contributed by atoms with E-state index in [0.717, 1.165) is 27.6 Å². The topological polar surface area (TPSA) is 72.6 Å². The molecule has 0 aliphatic rings. The van der Waals surface area contributed by atoms with Gasteiger partial charge < -0.3 is 9.64 Å². The number of aromatic nitrogens is 4. The van der Waals surface area contributed by atoms with E-state index in [1.54, 1.807) is 23.8 Å². The Morgan fingerprint density at radius 3 is 2.61 bits per heavy atom. The monoisotopic (exact) mass is 437 g/mol. The Bertz CT molecular complexity index is 1450. The number of nitrogens with zero attached hydrogens (tertiary/aromatic N) is 5. The Labute approximate surface area is 191 Å². The molecule has 0 radical (unpaired) electrons. The minimum absolute atomic E-state index is 0.0901. The van der Waals surface area contributed by atoms with Gasteiger partial charge in [-0.2, -0.15) is 4.52 Å². The van der Waals surface area contributed by atoms with Gasteiger partial charge in [0.05, 0.1) is 19.2 Å². The highest BCUT2D eigenvalue weighted by Gasteiger charge is 2.20. The number of carbonyl (C=O) groups excluding carboxylic acids is 1. The van der Waals surface area contributed by atoms with Gasteiger partial charge in [-0.05, 0) is 52.7 Å². The van der Waals surface area contributed by atoms with Crippen LogP contribution in [0.3, 0.4) is 0 Å². The molecule has 2 aromatic heterocycles. The number of benzene rings is 3. The quantitative estimate of drug-likeness (QED) is 0.393. The summed E-state index contributed by atoms with van der Waals surface area (Å²) in [7, 11) is 1.59. The summed E-state index contributed by atoms with van der Waals surface area (Å²) in [6.45, 7) is 2.85. The van der Waals surface area contributed by atoms with Crippen molar-refractivity contribution in [2.45, 2.75) is 20.0 Å². The van der Waals surface area contributed by atoms with Gasteiger partial charge in [-0.15, -0.1) is 5.10 Å². The van der Waals surface area contributed by atoms with Crippen molar-refractivity contribution >= 4 is 22.5 Å². The third kappa shape index (κ3) is 4.01. The molecule has 0 fully saturated rings. The summed E-state index contributed by atoms with van der Waals surface area (Å²) in [4.78, 5) is 15.4. The maximum atomic E-state index is 13.6. The van der Waals surface area contributed by atoms with Gasteiger partial charge in [0, 0.05) is 23.1 Å². The average Bonchev–Trinajstić information content (AvgIpc) is 3.34. The van der Waals surface area contributed by atoms with Gasteiger partial charge in [0.25, 0.3) is 5.91 Å². The maximum Gasteiger partial charge on any atom is 0.254 e. The third-order valence-corrected chi connectivity index (χ3v) is 5.75.